The molecule has 0 aromatic heterocycles. The van der Waals surface area contributed by atoms with Crippen molar-refractivity contribution < 1.29 is 9.53 Å². The van der Waals surface area contributed by atoms with E-state index in [1.165, 1.54) is 5.56 Å². The lowest BCUT2D eigenvalue weighted by Crippen LogP contribution is -2.33. The van der Waals surface area contributed by atoms with E-state index in [4.69, 9.17) is 4.74 Å². The number of rotatable bonds is 8. The highest BCUT2D eigenvalue weighted by Gasteiger charge is 2.13. The molecule has 0 heterocycles. The Kier molecular flexibility index (Phi) is 7.54. The maximum absolute atomic E-state index is 12.0. The zero-order valence-corrected chi connectivity index (χ0v) is 14.2. The number of nitrogens with one attached hydrogen (secondary N) is 1. The van der Waals surface area contributed by atoms with E-state index in [9.17, 15) is 4.79 Å². The van der Waals surface area contributed by atoms with Crippen LogP contribution in [0.3, 0.4) is 0 Å². The van der Waals surface area contributed by atoms with Gasteiger partial charge in [0.1, 0.15) is 6.61 Å². The van der Waals surface area contributed by atoms with E-state index in [1.807, 2.05) is 48.5 Å². The zero-order valence-electron chi connectivity index (χ0n) is 13.4. The molecule has 0 saturated heterocycles. The van der Waals surface area contributed by atoms with Gasteiger partial charge in [-0.3, -0.25) is 0 Å². The van der Waals surface area contributed by atoms with Crippen LogP contribution in [-0.2, 0) is 17.8 Å². The SMILES string of the molecule is CCSC(CCc1ccccc1)NC(=O)OCc1ccccc1. The van der Waals surface area contributed by atoms with Gasteiger partial charge < -0.3 is 10.1 Å². The normalized spacial score (nSPS) is 11.7. The average Bonchev–Trinajstić information content (AvgIpc) is 2.60. The number of benzene rings is 2. The minimum absolute atomic E-state index is 0.0727. The Morgan fingerprint density at radius 2 is 1.65 bits per heavy atom. The largest absolute Gasteiger partial charge is 0.445 e. The van der Waals surface area contributed by atoms with Crippen LogP contribution < -0.4 is 5.32 Å². The molecule has 4 heteroatoms. The van der Waals surface area contributed by atoms with E-state index in [1.54, 1.807) is 11.8 Å². The highest BCUT2D eigenvalue weighted by atomic mass is 32.2. The minimum atomic E-state index is -0.354. The number of ether oxygens (including phenoxy) is 1. The van der Waals surface area contributed by atoms with E-state index < -0.39 is 0 Å². The summed E-state index contributed by atoms with van der Waals surface area (Å²) in [5.74, 6) is 0.957. The third-order valence-corrected chi connectivity index (χ3v) is 4.49. The molecule has 3 nitrogen and oxygen atoms in total. The summed E-state index contributed by atoms with van der Waals surface area (Å²) in [6, 6.07) is 20.0. The first-order chi connectivity index (χ1) is 11.3. The molecule has 122 valence electrons. The van der Waals surface area contributed by atoms with Crippen LogP contribution in [0.5, 0.6) is 0 Å². The summed E-state index contributed by atoms with van der Waals surface area (Å²) in [4.78, 5) is 12.0. The summed E-state index contributed by atoms with van der Waals surface area (Å²) in [7, 11) is 0. The highest BCUT2D eigenvalue weighted by Crippen LogP contribution is 2.15. The Morgan fingerprint density at radius 1 is 1.04 bits per heavy atom. The fourth-order valence-electron chi connectivity index (χ4n) is 2.24. The number of aryl methyl sites for hydroxylation is 1. The Labute approximate surface area is 142 Å². The molecule has 0 saturated carbocycles. The van der Waals surface area contributed by atoms with E-state index in [2.05, 4.69) is 24.4 Å². The summed E-state index contributed by atoms with van der Waals surface area (Å²) in [5.41, 5.74) is 2.28. The van der Waals surface area contributed by atoms with Crippen molar-refractivity contribution in [3.8, 4) is 0 Å². The van der Waals surface area contributed by atoms with Crippen LogP contribution in [-0.4, -0.2) is 17.2 Å². The number of carbonyl (C=O) groups is 1. The zero-order chi connectivity index (χ0) is 16.3. The minimum Gasteiger partial charge on any atom is -0.445 e. The number of alkyl carbamates (subject to hydrolysis) is 1. The van der Waals surface area contributed by atoms with Crippen molar-refractivity contribution >= 4 is 17.9 Å². The lowest BCUT2D eigenvalue weighted by Gasteiger charge is -2.17. The van der Waals surface area contributed by atoms with Crippen LogP contribution in [0.15, 0.2) is 60.7 Å². The molecule has 23 heavy (non-hydrogen) atoms. The third kappa shape index (κ3) is 6.78. The summed E-state index contributed by atoms with van der Waals surface area (Å²) < 4.78 is 5.29. The average molecular weight is 329 g/mol. The molecule has 0 spiro atoms. The number of thioether (sulfide) groups is 1. The summed E-state index contributed by atoms with van der Waals surface area (Å²) in [6.45, 7) is 2.39. The molecular weight excluding hydrogens is 306 g/mol. The lowest BCUT2D eigenvalue weighted by atomic mass is 10.1. The van der Waals surface area contributed by atoms with Crippen LogP contribution in [0.2, 0.25) is 0 Å². The summed E-state index contributed by atoms with van der Waals surface area (Å²) >= 11 is 1.73. The van der Waals surface area contributed by atoms with Gasteiger partial charge >= 0.3 is 6.09 Å². The molecule has 0 radical (unpaired) electrons. The van der Waals surface area contributed by atoms with Crippen molar-refractivity contribution in [1.82, 2.24) is 5.32 Å². The van der Waals surface area contributed by atoms with Crippen molar-refractivity contribution in [1.29, 1.82) is 0 Å². The van der Waals surface area contributed by atoms with E-state index >= 15 is 0 Å². The number of carbonyl (C=O) groups excluding carboxylic acids is 1. The molecule has 1 atom stereocenters. The standard InChI is InChI=1S/C19H23NO2S/c1-2-23-18(14-13-16-9-5-3-6-10-16)20-19(21)22-15-17-11-7-4-8-12-17/h3-12,18H,2,13-15H2,1H3,(H,20,21). The molecule has 0 aliphatic carbocycles. The first-order valence-electron chi connectivity index (χ1n) is 7.90. The fourth-order valence-corrected chi connectivity index (χ4v) is 3.10. The number of amides is 1. The maximum Gasteiger partial charge on any atom is 0.408 e. The van der Waals surface area contributed by atoms with Crippen molar-refractivity contribution in [2.45, 2.75) is 31.7 Å². The summed E-state index contributed by atoms with van der Waals surface area (Å²) in [6.07, 6.45) is 1.48. The smallest absolute Gasteiger partial charge is 0.408 e. The van der Waals surface area contributed by atoms with Crippen LogP contribution in [0.4, 0.5) is 4.79 Å². The third-order valence-electron chi connectivity index (χ3n) is 3.40. The Morgan fingerprint density at radius 3 is 2.26 bits per heavy atom. The molecule has 2 aromatic carbocycles. The predicted molar refractivity (Wildman–Crippen MR) is 96.4 cm³/mol. The second-order valence-electron chi connectivity index (χ2n) is 5.17. The second-order valence-corrected chi connectivity index (χ2v) is 6.65. The van der Waals surface area contributed by atoms with Gasteiger partial charge in [0, 0.05) is 0 Å². The second kappa shape index (κ2) is 9.95. The van der Waals surface area contributed by atoms with Crippen LogP contribution in [0.1, 0.15) is 24.5 Å². The van der Waals surface area contributed by atoms with Gasteiger partial charge in [0.15, 0.2) is 0 Å². The molecule has 0 aliphatic heterocycles. The Balaban J connectivity index is 1.77. The van der Waals surface area contributed by atoms with Crippen molar-refractivity contribution in [2.24, 2.45) is 0 Å². The van der Waals surface area contributed by atoms with Gasteiger partial charge in [-0.25, -0.2) is 4.79 Å². The summed E-state index contributed by atoms with van der Waals surface area (Å²) in [5, 5.41) is 3.03. The quantitative estimate of drug-likeness (QED) is 0.718. The molecule has 1 amide bonds. The van der Waals surface area contributed by atoms with E-state index in [0.717, 1.165) is 24.2 Å². The van der Waals surface area contributed by atoms with Crippen LogP contribution >= 0.6 is 11.8 Å². The van der Waals surface area contributed by atoms with Gasteiger partial charge in [-0.05, 0) is 29.7 Å². The van der Waals surface area contributed by atoms with Gasteiger partial charge in [-0.2, -0.15) is 0 Å². The number of hydrogen-bond acceptors (Lipinski definition) is 3. The maximum atomic E-state index is 12.0. The molecule has 2 rings (SSSR count). The molecule has 2 aromatic rings. The van der Waals surface area contributed by atoms with Gasteiger partial charge in [0.05, 0.1) is 5.37 Å². The van der Waals surface area contributed by atoms with Gasteiger partial charge in [-0.1, -0.05) is 67.6 Å². The molecule has 1 N–H and O–H groups in total. The van der Waals surface area contributed by atoms with Crippen molar-refractivity contribution in [2.75, 3.05) is 5.75 Å². The molecule has 0 bridgehead atoms. The monoisotopic (exact) mass is 329 g/mol. The topological polar surface area (TPSA) is 38.3 Å². The fraction of sp³-hybridized carbons (Fsp3) is 0.316. The van der Waals surface area contributed by atoms with Crippen molar-refractivity contribution in [3.63, 3.8) is 0 Å². The van der Waals surface area contributed by atoms with Gasteiger partial charge in [-0.15, -0.1) is 11.8 Å². The van der Waals surface area contributed by atoms with Gasteiger partial charge in [0.25, 0.3) is 0 Å². The lowest BCUT2D eigenvalue weighted by molar-refractivity contribution is 0.138. The van der Waals surface area contributed by atoms with Crippen LogP contribution in [0.25, 0.3) is 0 Å². The van der Waals surface area contributed by atoms with E-state index in [0.29, 0.717) is 6.61 Å². The first kappa shape index (κ1) is 17.4. The molecule has 1 unspecified atom stereocenters. The molecular formula is C19H23NO2S. The van der Waals surface area contributed by atoms with Crippen LogP contribution in [0, 0.1) is 0 Å². The highest BCUT2D eigenvalue weighted by molar-refractivity contribution is 7.99. The Bertz CT molecular complexity index is 574. The molecule has 0 aliphatic rings. The number of hydrogen-bond donors (Lipinski definition) is 1. The van der Waals surface area contributed by atoms with Gasteiger partial charge in [0.2, 0.25) is 0 Å². The predicted octanol–water partition coefficient (Wildman–Crippen LogP) is 4.62. The Hall–Kier alpha value is -1.94. The molecule has 0 fully saturated rings. The van der Waals surface area contributed by atoms with Crippen molar-refractivity contribution in [3.05, 3.63) is 71.8 Å². The first-order valence-corrected chi connectivity index (χ1v) is 8.95. The van der Waals surface area contributed by atoms with E-state index in [-0.39, 0.29) is 11.5 Å².